The number of fused-ring (bicyclic) bond motifs is 1. The molecule has 0 bridgehead atoms. The summed E-state index contributed by atoms with van der Waals surface area (Å²) in [6.07, 6.45) is 0.951. The summed E-state index contributed by atoms with van der Waals surface area (Å²) in [6.45, 7) is 5.61. The number of carbonyl (C=O) groups is 3. The second kappa shape index (κ2) is 16.7. The van der Waals surface area contributed by atoms with Crippen LogP contribution in [0.25, 0.3) is 5.52 Å². The molecule has 1 aromatic carbocycles. The van der Waals surface area contributed by atoms with Crippen molar-refractivity contribution in [3.05, 3.63) is 54.5 Å². The minimum atomic E-state index is -4.57. The molecule has 15 nitrogen and oxygen atoms in total. The van der Waals surface area contributed by atoms with Gasteiger partial charge in [-0.05, 0) is 56.9 Å². The van der Waals surface area contributed by atoms with Gasteiger partial charge in [0.25, 0.3) is 0 Å². The third-order valence-electron chi connectivity index (χ3n) is 8.93. The largest absolute Gasteiger partial charge is 0.461 e. The number of hydrogen-bond donors (Lipinski definition) is 2. The summed E-state index contributed by atoms with van der Waals surface area (Å²) < 4.78 is 67.3. The second-order valence-corrected chi connectivity index (χ2v) is 15.4. The van der Waals surface area contributed by atoms with Crippen molar-refractivity contribution in [3.63, 3.8) is 0 Å². The number of hydrogen-bond acceptors (Lipinski definition) is 13. The predicted octanol–water partition coefficient (Wildman–Crippen LogP) is 5.28. The topological polar surface area (TPSA) is 192 Å². The van der Waals surface area contributed by atoms with Gasteiger partial charge in [-0.15, -0.1) is 0 Å². The van der Waals surface area contributed by atoms with Gasteiger partial charge in [-0.2, -0.15) is 10.2 Å². The fourth-order valence-corrected chi connectivity index (χ4v) is 7.55. The van der Waals surface area contributed by atoms with Crippen LogP contribution in [0.4, 0.5) is 10.2 Å². The number of para-hydroxylation sites is 1. The highest BCUT2D eigenvalue weighted by molar-refractivity contribution is 7.52. The number of benzene rings is 1. The van der Waals surface area contributed by atoms with Crippen LogP contribution in [0.15, 0.2) is 48.8 Å². The standard InChI is InChI=1S/C35H47FN5O10P/c1-21(2)32(42)48-29-28(26-16-17-27-31(37)38-20-39-41(26)27)50-35(18-36,30(29)49-33(43)22(3)4)19-46-52(45,51-25-14-10-7-11-15-25)40-23(5)34(44)47-24-12-8-6-9-13-24/h7,10-11,14-17,20-24,28-30H,6,8-9,12-13,18-19H2,1-5H3,(H,40,45)(H2,37,38,39)/t23-,28-,29-,30-,35+,52?/m0/s1. The van der Waals surface area contributed by atoms with Crippen molar-refractivity contribution in [1.82, 2.24) is 19.7 Å². The maximum absolute atomic E-state index is 15.8. The van der Waals surface area contributed by atoms with Gasteiger partial charge in [0.2, 0.25) is 0 Å². The molecule has 3 N–H and O–H groups in total. The van der Waals surface area contributed by atoms with E-state index in [1.165, 1.54) is 29.9 Å². The number of anilines is 1. The van der Waals surface area contributed by atoms with E-state index in [2.05, 4.69) is 15.2 Å². The lowest BCUT2D eigenvalue weighted by Gasteiger charge is -2.34. The lowest BCUT2D eigenvalue weighted by Crippen LogP contribution is -2.52. The van der Waals surface area contributed by atoms with Crippen molar-refractivity contribution in [3.8, 4) is 5.75 Å². The Labute approximate surface area is 301 Å². The molecular weight excluding hydrogens is 700 g/mol. The Kier molecular flexibility index (Phi) is 12.6. The van der Waals surface area contributed by atoms with Crippen molar-refractivity contribution in [2.75, 3.05) is 19.0 Å². The molecule has 3 aromatic rings. The van der Waals surface area contributed by atoms with Gasteiger partial charge >= 0.3 is 25.7 Å². The summed E-state index contributed by atoms with van der Waals surface area (Å²) in [5.41, 5.74) is 4.51. The lowest BCUT2D eigenvalue weighted by molar-refractivity contribution is -0.178. The molecule has 1 saturated heterocycles. The van der Waals surface area contributed by atoms with Crippen molar-refractivity contribution in [2.45, 2.75) is 103 Å². The van der Waals surface area contributed by atoms with Gasteiger partial charge in [0.15, 0.2) is 23.6 Å². The number of nitrogens with one attached hydrogen (secondary N) is 1. The molecule has 2 aromatic heterocycles. The van der Waals surface area contributed by atoms with Gasteiger partial charge in [0, 0.05) is 0 Å². The second-order valence-electron chi connectivity index (χ2n) is 13.7. The number of nitrogens with zero attached hydrogens (tertiary/aromatic N) is 3. The summed E-state index contributed by atoms with van der Waals surface area (Å²) in [5, 5.41) is 6.89. The zero-order chi connectivity index (χ0) is 37.6. The molecule has 0 spiro atoms. The van der Waals surface area contributed by atoms with Crippen LogP contribution in [0.1, 0.15) is 78.5 Å². The normalized spacial score (nSPS) is 24.0. The summed E-state index contributed by atoms with van der Waals surface area (Å²) in [7, 11) is -4.57. The van der Waals surface area contributed by atoms with Crippen molar-refractivity contribution >= 4 is 37.0 Å². The average Bonchev–Trinajstić information content (AvgIpc) is 3.68. The van der Waals surface area contributed by atoms with Crippen LogP contribution in [-0.2, 0) is 42.4 Å². The van der Waals surface area contributed by atoms with E-state index < -0.39 is 80.7 Å². The number of ether oxygens (including phenoxy) is 4. The van der Waals surface area contributed by atoms with Gasteiger partial charge in [-0.1, -0.05) is 52.3 Å². The highest BCUT2D eigenvalue weighted by Crippen LogP contribution is 2.50. The molecule has 1 unspecified atom stereocenters. The molecule has 17 heteroatoms. The van der Waals surface area contributed by atoms with Crippen molar-refractivity contribution in [1.29, 1.82) is 0 Å². The molecule has 1 saturated carbocycles. The Morgan fingerprint density at radius 1 is 0.981 bits per heavy atom. The molecule has 0 radical (unpaired) electrons. The van der Waals surface area contributed by atoms with Crippen molar-refractivity contribution in [2.24, 2.45) is 11.8 Å². The minimum absolute atomic E-state index is 0.120. The first-order valence-electron chi connectivity index (χ1n) is 17.5. The Balaban J connectivity index is 1.51. The van der Waals surface area contributed by atoms with Crippen LogP contribution in [0, 0.1) is 11.8 Å². The number of aromatic nitrogens is 3. The van der Waals surface area contributed by atoms with Crippen LogP contribution in [-0.4, -0.2) is 75.7 Å². The van der Waals surface area contributed by atoms with Gasteiger partial charge in [0.1, 0.15) is 42.5 Å². The number of nitrogens with two attached hydrogens (primary N) is 1. The Hall–Kier alpha value is -4.11. The Morgan fingerprint density at radius 3 is 2.31 bits per heavy atom. The van der Waals surface area contributed by atoms with Gasteiger partial charge in [0.05, 0.1) is 24.1 Å². The van der Waals surface area contributed by atoms with E-state index in [0.29, 0.717) is 5.52 Å². The molecule has 52 heavy (non-hydrogen) atoms. The molecule has 0 amide bonds. The third-order valence-corrected chi connectivity index (χ3v) is 10.6. The molecule has 5 rings (SSSR count). The monoisotopic (exact) mass is 747 g/mol. The number of alkyl halides is 1. The summed E-state index contributed by atoms with van der Waals surface area (Å²) >= 11 is 0. The SMILES string of the molecule is CC(C)C(=O)O[C@H]1[C@H](c2ccc3c(N)ncnn23)O[C@](CF)(COP(=O)(N[C@@H](C)C(=O)OC2CCCCC2)Oc2ccccc2)[C@H]1OC(=O)C(C)C. The molecule has 2 fully saturated rings. The zero-order valence-corrected chi connectivity index (χ0v) is 30.8. The van der Waals surface area contributed by atoms with Crippen LogP contribution in [0.3, 0.4) is 0 Å². The first kappa shape index (κ1) is 39.1. The van der Waals surface area contributed by atoms with Crippen LogP contribution >= 0.6 is 7.75 Å². The van der Waals surface area contributed by atoms with Crippen LogP contribution in [0.5, 0.6) is 5.75 Å². The predicted molar refractivity (Wildman–Crippen MR) is 186 cm³/mol. The van der Waals surface area contributed by atoms with Gasteiger partial charge in [-0.25, -0.2) is 18.5 Å². The molecule has 284 valence electrons. The minimum Gasteiger partial charge on any atom is -0.461 e. The number of halogens is 1. The smallest absolute Gasteiger partial charge is 0.459 e. The number of carbonyl (C=O) groups excluding carboxylic acids is 3. The first-order valence-corrected chi connectivity index (χ1v) is 19.0. The Bertz CT molecular complexity index is 1750. The highest BCUT2D eigenvalue weighted by atomic mass is 31.2. The third kappa shape index (κ3) is 8.91. The Morgan fingerprint density at radius 2 is 1.65 bits per heavy atom. The van der Waals surface area contributed by atoms with Crippen molar-refractivity contribution < 1.29 is 51.3 Å². The number of nitrogen functional groups attached to an aromatic ring is 1. The fraction of sp³-hybridized carbons (Fsp3) is 0.571. The molecule has 6 atom stereocenters. The number of rotatable bonds is 15. The van der Waals surface area contributed by atoms with E-state index in [0.717, 1.165) is 32.1 Å². The van der Waals surface area contributed by atoms with E-state index in [4.69, 9.17) is 33.7 Å². The lowest BCUT2D eigenvalue weighted by atomic mass is 9.95. The highest BCUT2D eigenvalue weighted by Gasteiger charge is 2.62. The maximum atomic E-state index is 15.8. The average molecular weight is 748 g/mol. The fourth-order valence-electron chi connectivity index (χ4n) is 6.00. The zero-order valence-electron chi connectivity index (χ0n) is 29.9. The van der Waals surface area contributed by atoms with E-state index in [9.17, 15) is 18.9 Å². The molecule has 3 heterocycles. The maximum Gasteiger partial charge on any atom is 0.459 e. The van der Waals surface area contributed by atoms with E-state index in [-0.39, 0.29) is 23.4 Å². The van der Waals surface area contributed by atoms with E-state index >= 15 is 4.39 Å². The first-order chi connectivity index (χ1) is 24.8. The summed E-state index contributed by atoms with van der Waals surface area (Å²) in [6, 6.07) is 10.1. The van der Waals surface area contributed by atoms with Crippen LogP contribution in [0.2, 0.25) is 0 Å². The molecule has 2 aliphatic rings. The number of esters is 3. The van der Waals surface area contributed by atoms with Gasteiger partial charge in [-0.3, -0.25) is 18.9 Å². The molecule has 1 aliphatic heterocycles. The van der Waals surface area contributed by atoms with E-state index in [1.807, 2.05) is 0 Å². The quantitative estimate of drug-likeness (QED) is 0.116. The summed E-state index contributed by atoms with van der Waals surface area (Å²) in [4.78, 5) is 43.4. The van der Waals surface area contributed by atoms with Crippen LogP contribution < -0.4 is 15.3 Å². The summed E-state index contributed by atoms with van der Waals surface area (Å²) in [5.74, 6) is -3.14. The molecular formula is C35H47FN5O10P. The van der Waals surface area contributed by atoms with Gasteiger partial charge < -0.3 is 29.2 Å². The molecule has 1 aliphatic carbocycles. The van der Waals surface area contributed by atoms with E-state index in [1.54, 1.807) is 58.0 Å².